The van der Waals surface area contributed by atoms with Gasteiger partial charge in [-0.05, 0) is 53.6 Å². The molecule has 0 atom stereocenters. The molecule has 0 aliphatic rings. The summed E-state index contributed by atoms with van der Waals surface area (Å²) in [6.45, 7) is 3.95. The van der Waals surface area contributed by atoms with Gasteiger partial charge in [0.05, 0.1) is 11.6 Å². The lowest BCUT2D eigenvalue weighted by molar-refractivity contribution is 0.833. The first-order chi connectivity index (χ1) is 10.8. The van der Waals surface area contributed by atoms with Crippen molar-refractivity contribution >= 4 is 16.5 Å². The van der Waals surface area contributed by atoms with Crippen LogP contribution in [0.25, 0.3) is 10.8 Å². The Kier molecular flexibility index (Phi) is 4.07. The molecule has 0 aromatic heterocycles. The molecule has 0 bridgehead atoms. The molecule has 0 aliphatic heterocycles. The molecule has 22 heavy (non-hydrogen) atoms. The van der Waals surface area contributed by atoms with Crippen LogP contribution in [0.2, 0.25) is 0 Å². The third-order valence-corrected chi connectivity index (χ3v) is 3.93. The highest BCUT2D eigenvalue weighted by atomic mass is 15.1. The van der Waals surface area contributed by atoms with E-state index in [0.717, 1.165) is 18.8 Å². The number of nitrogens with zero attached hydrogens (tertiary/aromatic N) is 2. The predicted octanol–water partition coefficient (Wildman–Crippen LogP) is 4.74. The molecule has 0 amide bonds. The maximum atomic E-state index is 8.90. The summed E-state index contributed by atoms with van der Waals surface area (Å²) >= 11 is 0. The summed E-state index contributed by atoms with van der Waals surface area (Å²) < 4.78 is 0. The maximum Gasteiger partial charge on any atom is 0.0991 e. The molecule has 0 radical (unpaired) electrons. The van der Waals surface area contributed by atoms with Crippen molar-refractivity contribution in [3.05, 3.63) is 77.9 Å². The summed E-state index contributed by atoms with van der Waals surface area (Å²) in [6.07, 6.45) is 0. The van der Waals surface area contributed by atoms with Crippen LogP contribution >= 0.6 is 0 Å². The molecule has 0 fully saturated rings. The topological polar surface area (TPSA) is 27.0 Å². The Morgan fingerprint density at radius 2 is 1.64 bits per heavy atom. The summed E-state index contributed by atoms with van der Waals surface area (Å²) in [5, 5.41) is 11.4. The van der Waals surface area contributed by atoms with Gasteiger partial charge in [0.25, 0.3) is 0 Å². The lowest BCUT2D eigenvalue weighted by Gasteiger charge is -2.23. The van der Waals surface area contributed by atoms with Gasteiger partial charge in [-0.1, -0.05) is 36.4 Å². The number of hydrogen-bond donors (Lipinski definition) is 0. The fourth-order valence-electron chi connectivity index (χ4n) is 2.69. The Morgan fingerprint density at radius 1 is 0.909 bits per heavy atom. The highest BCUT2D eigenvalue weighted by molar-refractivity contribution is 5.83. The smallest absolute Gasteiger partial charge is 0.0991 e. The number of fused-ring (bicyclic) bond motifs is 1. The first-order valence-electron chi connectivity index (χ1n) is 7.53. The van der Waals surface area contributed by atoms with Crippen molar-refractivity contribution in [1.82, 2.24) is 0 Å². The Balaban J connectivity index is 1.85. The van der Waals surface area contributed by atoms with Crippen LogP contribution in [0.3, 0.4) is 0 Å². The van der Waals surface area contributed by atoms with Crippen LogP contribution in [0.5, 0.6) is 0 Å². The number of hydrogen-bond acceptors (Lipinski definition) is 2. The van der Waals surface area contributed by atoms with Gasteiger partial charge >= 0.3 is 0 Å². The van der Waals surface area contributed by atoms with Crippen molar-refractivity contribution in [2.75, 3.05) is 11.4 Å². The maximum absolute atomic E-state index is 8.90. The van der Waals surface area contributed by atoms with E-state index in [1.54, 1.807) is 0 Å². The number of anilines is 1. The molecule has 0 aliphatic carbocycles. The molecule has 0 spiro atoms. The van der Waals surface area contributed by atoms with Gasteiger partial charge in [-0.25, -0.2) is 0 Å². The Hall–Kier alpha value is -2.79. The number of benzene rings is 3. The van der Waals surface area contributed by atoms with Crippen molar-refractivity contribution in [3.63, 3.8) is 0 Å². The van der Waals surface area contributed by atoms with E-state index < -0.39 is 0 Å². The minimum absolute atomic E-state index is 0.700. The molecule has 0 heterocycles. The number of rotatable bonds is 4. The van der Waals surface area contributed by atoms with Crippen molar-refractivity contribution in [2.24, 2.45) is 0 Å². The van der Waals surface area contributed by atoms with Crippen molar-refractivity contribution < 1.29 is 0 Å². The van der Waals surface area contributed by atoms with Gasteiger partial charge in [0.2, 0.25) is 0 Å². The molecule has 0 saturated carbocycles. The summed E-state index contributed by atoms with van der Waals surface area (Å²) in [5.74, 6) is 0. The van der Waals surface area contributed by atoms with Crippen LogP contribution in [0.4, 0.5) is 5.69 Å². The van der Waals surface area contributed by atoms with E-state index >= 15 is 0 Å². The van der Waals surface area contributed by atoms with Crippen LogP contribution in [-0.4, -0.2) is 6.54 Å². The van der Waals surface area contributed by atoms with Crippen LogP contribution in [0.15, 0.2) is 66.7 Å². The zero-order valence-electron chi connectivity index (χ0n) is 12.7. The predicted molar refractivity (Wildman–Crippen MR) is 91.8 cm³/mol. The quantitative estimate of drug-likeness (QED) is 0.692. The van der Waals surface area contributed by atoms with Crippen LogP contribution < -0.4 is 4.90 Å². The molecular formula is C20H18N2. The van der Waals surface area contributed by atoms with Crippen LogP contribution in [0, 0.1) is 11.3 Å². The lowest BCUT2D eigenvalue weighted by atomic mass is 10.1. The molecule has 3 aromatic carbocycles. The normalized spacial score (nSPS) is 10.4. The SMILES string of the molecule is CCN(Cc1ccc2ccccc2c1)c1ccc(C#N)cc1. The average Bonchev–Trinajstić information content (AvgIpc) is 2.59. The minimum atomic E-state index is 0.700. The van der Waals surface area contributed by atoms with E-state index in [1.165, 1.54) is 16.3 Å². The summed E-state index contributed by atoms with van der Waals surface area (Å²) in [6, 6.07) is 25.0. The highest BCUT2D eigenvalue weighted by Gasteiger charge is 2.06. The van der Waals surface area contributed by atoms with E-state index in [1.807, 2.05) is 24.3 Å². The zero-order chi connectivity index (χ0) is 15.4. The van der Waals surface area contributed by atoms with E-state index in [9.17, 15) is 0 Å². The fourth-order valence-corrected chi connectivity index (χ4v) is 2.69. The monoisotopic (exact) mass is 286 g/mol. The van der Waals surface area contributed by atoms with Gasteiger partial charge in [-0.15, -0.1) is 0 Å². The highest BCUT2D eigenvalue weighted by Crippen LogP contribution is 2.21. The lowest BCUT2D eigenvalue weighted by Crippen LogP contribution is -2.21. The second kappa shape index (κ2) is 6.32. The Labute approximate surface area is 131 Å². The van der Waals surface area contributed by atoms with Gasteiger partial charge in [0.1, 0.15) is 0 Å². The molecule has 3 rings (SSSR count). The van der Waals surface area contributed by atoms with E-state index in [4.69, 9.17) is 5.26 Å². The summed E-state index contributed by atoms with van der Waals surface area (Å²) in [5.41, 5.74) is 3.14. The average molecular weight is 286 g/mol. The number of nitriles is 1. The van der Waals surface area contributed by atoms with E-state index in [0.29, 0.717) is 5.56 Å². The molecular weight excluding hydrogens is 268 g/mol. The Bertz CT molecular complexity index is 813. The third-order valence-electron chi connectivity index (χ3n) is 3.93. The van der Waals surface area contributed by atoms with Crippen LogP contribution in [0.1, 0.15) is 18.1 Å². The first kappa shape index (κ1) is 14.2. The standard InChI is InChI=1S/C20H18N2/c1-2-22(20-11-8-16(14-21)9-12-20)15-17-7-10-18-5-3-4-6-19(18)13-17/h3-13H,2,15H2,1H3. The largest absolute Gasteiger partial charge is 0.367 e. The van der Waals surface area contributed by atoms with E-state index in [-0.39, 0.29) is 0 Å². The first-order valence-corrected chi connectivity index (χ1v) is 7.53. The van der Waals surface area contributed by atoms with Gasteiger partial charge in [0.15, 0.2) is 0 Å². The van der Waals surface area contributed by atoms with E-state index in [2.05, 4.69) is 60.4 Å². The van der Waals surface area contributed by atoms with Crippen molar-refractivity contribution in [2.45, 2.75) is 13.5 Å². The second-order valence-corrected chi connectivity index (χ2v) is 5.35. The molecule has 2 heteroatoms. The molecule has 2 nitrogen and oxygen atoms in total. The Morgan fingerprint density at radius 3 is 2.32 bits per heavy atom. The molecule has 3 aromatic rings. The molecule has 0 saturated heterocycles. The molecule has 0 N–H and O–H groups in total. The summed E-state index contributed by atoms with van der Waals surface area (Å²) in [4.78, 5) is 2.31. The minimum Gasteiger partial charge on any atom is -0.367 e. The van der Waals surface area contributed by atoms with Crippen molar-refractivity contribution in [1.29, 1.82) is 5.26 Å². The molecule has 0 unspecified atom stereocenters. The van der Waals surface area contributed by atoms with Gasteiger partial charge in [-0.2, -0.15) is 5.26 Å². The van der Waals surface area contributed by atoms with Gasteiger partial charge in [0, 0.05) is 18.8 Å². The fraction of sp³-hybridized carbons (Fsp3) is 0.150. The second-order valence-electron chi connectivity index (χ2n) is 5.35. The third kappa shape index (κ3) is 2.94. The van der Waals surface area contributed by atoms with Gasteiger partial charge < -0.3 is 4.90 Å². The zero-order valence-corrected chi connectivity index (χ0v) is 12.7. The molecule has 108 valence electrons. The van der Waals surface area contributed by atoms with Gasteiger partial charge in [-0.3, -0.25) is 0 Å². The summed E-state index contributed by atoms with van der Waals surface area (Å²) in [7, 11) is 0. The van der Waals surface area contributed by atoms with Crippen molar-refractivity contribution in [3.8, 4) is 6.07 Å². The van der Waals surface area contributed by atoms with Crippen LogP contribution in [-0.2, 0) is 6.54 Å².